The SMILES string of the molecule is O=S(=O)(O)c1cc(Nc2nc(Cl)c(Cl)c(Cl)n2)ccc1/C=C/c1ccc(Nc2nc(Cl)c(Cl)c(Cl)n2)cc1S(=O)(=O)O. The minimum Gasteiger partial charge on any atom is -0.324 e. The van der Waals surface area contributed by atoms with Crippen molar-refractivity contribution in [1.29, 1.82) is 0 Å². The van der Waals surface area contributed by atoms with Crippen LogP contribution in [0.5, 0.6) is 0 Å². The first-order chi connectivity index (χ1) is 19.5. The highest BCUT2D eigenvalue weighted by atomic mass is 35.5. The van der Waals surface area contributed by atoms with E-state index in [0.29, 0.717) is 0 Å². The van der Waals surface area contributed by atoms with E-state index >= 15 is 0 Å². The third-order valence-electron chi connectivity index (χ3n) is 5.08. The molecule has 4 aromatic rings. The average molecular weight is 733 g/mol. The number of hydrogen-bond donors (Lipinski definition) is 4. The molecule has 2 aromatic carbocycles. The van der Waals surface area contributed by atoms with E-state index in [4.69, 9.17) is 69.6 Å². The molecule has 0 aliphatic rings. The molecule has 2 aromatic heterocycles. The van der Waals surface area contributed by atoms with Gasteiger partial charge in [0.25, 0.3) is 20.2 Å². The summed E-state index contributed by atoms with van der Waals surface area (Å²) in [4.78, 5) is 14.4. The lowest BCUT2D eigenvalue weighted by Gasteiger charge is -2.11. The predicted octanol–water partition coefficient (Wildman–Crippen LogP) is 7.34. The highest BCUT2D eigenvalue weighted by Crippen LogP contribution is 2.32. The lowest BCUT2D eigenvalue weighted by atomic mass is 10.1. The molecule has 12 nitrogen and oxygen atoms in total. The van der Waals surface area contributed by atoms with Crippen LogP contribution in [0, 0.1) is 0 Å². The van der Waals surface area contributed by atoms with Crippen molar-refractivity contribution in [3.8, 4) is 0 Å². The minimum absolute atomic E-state index is 0.0431. The maximum atomic E-state index is 12.2. The number of halogens is 6. The highest BCUT2D eigenvalue weighted by molar-refractivity contribution is 7.86. The zero-order chi connectivity index (χ0) is 31.0. The van der Waals surface area contributed by atoms with Crippen LogP contribution in [0.1, 0.15) is 11.1 Å². The molecule has 0 unspecified atom stereocenters. The summed E-state index contributed by atoms with van der Waals surface area (Å²) in [5.41, 5.74) is 0.151. The van der Waals surface area contributed by atoms with E-state index < -0.39 is 30.0 Å². The highest BCUT2D eigenvalue weighted by Gasteiger charge is 2.19. The summed E-state index contributed by atoms with van der Waals surface area (Å²) in [5.74, 6) is -0.224. The van der Waals surface area contributed by atoms with Crippen LogP contribution in [-0.4, -0.2) is 45.9 Å². The summed E-state index contributed by atoms with van der Waals surface area (Å²) in [7, 11) is -9.59. The van der Waals surface area contributed by atoms with Gasteiger partial charge < -0.3 is 10.6 Å². The number of aromatic nitrogens is 4. The van der Waals surface area contributed by atoms with Crippen molar-refractivity contribution in [3.05, 3.63) is 78.2 Å². The predicted molar refractivity (Wildman–Crippen MR) is 162 cm³/mol. The minimum atomic E-state index is -4.79. The largest absolute Gasteiger partial charge is 0.324 e. The Morgan fingerprint density at radius 3 is 1.17 bits per heavy atom. The molecule has 0 radical (unpaired) electrons. The molecular weight excluding hydrogens is 721 g/mol. The topological polar surface area (TPSA) is 184 Å². The summed E-state index contributed by atoms with van der Waals surface area (Å²) in [5, 5.41) is 4.60. The van der Waals surface area contributed by atoms with Gasteiger partial charge >= 0.3 is 0 Å². The van der Waals surface area contributed by atoms with Crippen molar-refractivity contribution in [2.45, 2.75) is 9.79 Å². The number of benzene rings is 2. The third kappa shape index (κ3) is 7.71. The second-order valence-corrected chi connectivity index (χ2v) is 12.9. The van der Waals surface area contributed by atoms with E-state index in [2.05, 4.69) is 30.6 Å². The van der Waals surface area contributed by atoms with Crippen molar-refractivity contribution >= 4 is 125 Å². The first kappa shape index (κ1) is 32.4. The Kier molecular flexibility index (Phi) is 9.74. The summed E-state index contributed by atoms with van der Waals surface area (Å²) in [6.45, 7) is 0. The summed E-state index contributed by atoms with van der Waals surface area (Å²) in [6, 6.07) is 7.55. The van der Waals surface area contributed by atoms with E-state index in [0.717, 1.165) is 12.1 Å². The van der Waals surface area contributed by atoms with Gasteiger partial charge in [-0.25, -0.2) is 0 Å². The first-order valence-electron chi connectivity index (χ1n) is 10.7. The maximum Gasteiger partial charge on any atom is 0.295 e. The normalized spacial score (nSPS) is 12.1. The van der Waals surface area contributed by atoms with Crippen LogP contribution in [0.15, 0.2) is 46.2 Å². The van der Waals surface area contributed by atoms with Crippen LogP contribution in [0.4, 0.5) is 23.3 Å². The number of nitrogens with zero attached hydrogens (tertiary/aromatic N) is 4. The number of hydrogen-bond acceptors (Lipinski definition) is 10. The van der Waals surface area contributed by atoms with Gasteiger partial charge in [0.15, 0.2) is 20.6 Å². The lowest BCUT2D eigenvalue weighted by molar-refractivity contribution is 0.480. The number of anilines is 4. The molecule has 0 spiro atoms. The zero-order valence-electron chi connectivity index (χ0n) is 20.0. The van der Waals surface area contributed by atoms with E-state index in [1.165, 1.54) is 36.4 Å². The third-order valence-corrected chi connectivity index (χ3v) is 9.09. The van der Waals surface area contributed by atoms with Crippen LogP contribution < -0.4 is 10.6 Å². The van der Waals surface area contributed by atoms with Crippen molar-refractivity contribution in [3.63, 3.8) is 0 Å². The van der Waals surface area contributed by atoms with Crippen molar-refractivity contribution in [2.75, 3.05) is 10.6 Å². The quantitative estimate of drug-likeness (QED) is 0.0804. The van der Waals surface area contributed by atoms with Gasteiger partial charge in [0.05, 0.1) is 0 Å². The van der Waals surface area contributed by atoms with E-state index in [9.17, 15) is 25.9 Å². The summed E-state index contributed by atoms with van der Waals surface area (Å²) >= 11 is 35.2. The van der Waals surface area contributed by atoms with Crippen LogP contribution in [0.25, 0.3) is 12.2 Å². The van der Waals surface area contributed by atoms with Gasteiger partial charge in [-0.1, -0.05) is 93.9 Å². The van der Waals surface area contributed by atoms with E-state index in [1.807, 2.05) is 0 Å². The Morgan fingerprint density at radius 1 is 0.571 bits per heavy atom. The van der Waals surface area contributed by atoms with Crippen LogP contribution >= 0.6 is 69.6 Å². The van der Waals surface area contributed by atoms with Gasteiger partial charge in [-0.15, -0.1) is 0 Å². The monoisotopic (exact) mass is 730 g/mol. The lowest BCUT2D eigenvalue weighted by Crippen LogP contribution is -2.04. The van der Waals surface area contributed by atoms with E-state index in [1.54, 1.807) is 0 Å². The van der Waals surface area contributed by atoms with Crippen molar-refractivity contribution in [2.24, 2.45) is 0 Å². The molecule has 20 heteroatoms. The second-order valence-electron chi connectivity index (χ2n) is 7.92. The average Bonchev–Trinajstić information content (AvgIpc) is 2.89. The molecule has 42 heavy (non-hydrogen) atoms. The van der Waals surface area contributed by atoms with Crippen LogP contribution in [0.3, 0.4) is 0 Å². The first-order valence-corrected chi connectivity index (χ1v) is 15.9. The zero-order valence-corrected chi connectivity index (χ0v) is 26.2. The molecule has 0 saturated carbocycles. The molecule has 0 amide bonds. The molecule has 4 N–H and O–H groups in total. The molecule has 220 valence electrons. The Bertz CT molecular complexity index is 1790. The molecule has 0 bridgehead atoms. The molecular formula is C22H12Cl6N6O6S2. The summed E-state index contributed by atoms with van der Waals surface area (Å²) in [6.07, 6.45) is 2.41. The fraction of sp³-hybridized carbons (Fsp3) is 0. The molecule has 0 aliphatic heterocycles. The van der Waals surface area contributed by atoms with Gasteiger partial charge in [0, 0.05) is 11.4 Å². The number of nitrogens with one attached hydrogen (secondary N) is 2. The summed E-state index contributed by atoms with van der Waals surface area (Å²) < 4.78 is 68.3. The molecule has 4 rings (SSSR count). The van der Waals surface area contributed by atoms with Crippen molar-refractivity contribution < 1.29 is 25.9 Å². The molecule has 2 heterocycles. The van der Waals surface area contributed by atoms with E-state index in [-0.39, 0.29) is 65.1 Å². The molecule has 0 atom stereocenters. The van der Waals surface area contributed by atoms with Crippen molar-refractivity contribution in [1.82, 2.24) is 19.9 Å². The van der Waals surface area contributed by atoms with Crippen LogP contribution in [-0.2, 0) is 20.2 Å². The maximum absolute atomic E-state index is 12.2. The Balaban J connectivity index is 1.69. The Morgan fingerprint density at radius 2 is 0.881 bits per heavy atom. The van der Waals surface area contributed by atoms with Gasteiger partial charge in [-0.3, -0.25) is 9.11 Å². The standard InChI is InChI=1S/C22H12Cl6N6O6S2/c23-15-17(25)31-21(32-18(15)26)29-11-5-3-9(13(7-11)41(35,36)37)1-2-10-4-6-12(8-14(10)42(38,39)40)30-22-33-19(27)16(24)20(28)34-22/h1-8H,(H,29,31,32)(H,30,33,34)(H,35,36,37)(H,38,39,40)/b2-1+. The molecule has 0 fully saturated rings. The molecule has 0 saturated heterocycles. The number of rotatable bonds is 8. The Hall–Kier alpha value is -2.50. The van der Waals surface area contributed by atoms with Gasteiger partial charge in [0.1, 0.15) is 19.8 Å². The fourth-order valence-corrected chi connectivity index (χ4v) is 5.65. The van der Waals surface area contributed by atoms with Gasteiger partial charge in [-0.05, 0) is 35.4 Å². The Labute approximate surface area is 268 Å². The second kappa shape index (κ2) is 12.6. The van der Waals surface area contributed by atoms with Gasteiger partial charge in [-0.2, -0.15) is 36.8 Å². The smallest absolute Gasteiger partial charge is 0.295 e. The fourth-order valence-electron chi connectivity index (χ4n) is 3.28. The molecule has 0 aliphatic carbocycles. The van der Waals surface area contributed by atoms with Crippen LogP contribution in [0.2, 0.25) is 30.7 Å². The van der Waals surface area contributed by atoms with Gasteiger partial charge in [0.2, 0.25) is 11.9 Å².